The Kier molecular flexibility index (Phi) is 15.2. The predicted octanol–water partition coefficient (Wildman–Crippen LogP) is 10.5. The second kappa shape index (κ2) is 22.6. The fourth-order valence-electron chi connectivity index (χ4n) is 9.97. The maximum absolute atomic E-state index is 14.9. The smallest absolute Gasteiger partial charge is 0.347 e. The van der Waals surface area contributed by atoms with E-state index in [9.17, 15) is 24.3 Å². The van der Waals surface area contributed by atoms with Crippen LogP contribution in [0.4, 0.5) is 5.13 Å². The van der Waals surface area contributed by atoms with Crippen molar-refractivity contribution in [3.8, 4) is 0 Å². The number of thiazole rings is 1. The van der Waals surface area contributed by atoms with Crippen LogP contribution in [0.1, 0.15) is 56.7 Å². The Morgan fingerprint density at radius 3 is 1.61 bits per heavy atom. The molecule has 75 heavy (non-hydrogen) atoms. The van der Waals surface area contributed by atoms with Crippen molar-refractivity contribution in [2.45, 2.75) is 34.2 Å². The number of hydrogen-bond donors (Lipinski definition) is 3. The van der Waals surface area contributed by atoms with E-state index in [-0.39, 0.29) is 23.8 Å². The molecule has 3 unspecified atom stereocenters. The number of benzene rings is 7. The van der Waals surface area contributed by atoms with E-state index in [4.69, 9.17) is 26.2 Å². The van der Waals surface area contributed by atoms with Gasteiger partial charge in [-0.25, -0.2) is 9.78 Å². The lowest BCUT2D eigenvalue weighted by molar-refractivity contribution is -0.159. The Balaban J connectivity index is 0.983. The van der Waals surface area contributed by atoms with Gasteiger partial charge in [-0.3, -0.25) is 14.4 Å². The van der Waals surface area contributed by atoms with Crippen molar-refractivity contribution in [3.63, 3.8) is 0 Å². The van der Waals surface area contributed by atoms with Gasteiger partial charge >= 0.3 is 11.9 Å². The molecule has 2 aliphatic rings. The van der Waals surface area contributed by atoms with Crippen molar-refractivity contribution >= 4 is 69.3 Å². The third kappa shape index (κ3) is 10.3. The van der Waals surface area contributed by atoms with E-state index < -0.39 is 70.0 Å². The van der Waals surface area contributed by atoms with E-state index in [1.165, 1.54) is 28.0 Å². The van der Waals surface area contributed by atoms with Gasteiger partial charge in [-0.15, -0.1) is 34.7 Å². The summed E-state index contributed by atoms with van der Waals surface area (Å²) in [6.45, 7) is -0.852. The molecular weight excluding hydrogens is 1000 g/mol. The average molecular weight is 1050 g/mol. The van der Waals surface area contributed by atoms with E-state index in [0.717, 1.165) is 38.9 Å². The number of oxime groups is 1. The zero-order valence-corrected chi connectivity index (χ0v) is 42.6. The summed E-state index contributed by atoms with van der Waals surface area (Å²) in [5.41, 5.74) is 3.29. The molecule has 15 heteroatoms. The van der Waals surface area contributed by atoms with Crippen molar-refractivity contribution in [1.82, 2.24) is 15.2 Å². The van der Waals surface area contributed by atoms with Crippen LogP contribution in [0.25, 0.3) is 0 Å². The number of hydrogen-bond acceptors (Lipinski definition) is 11. The molecule has 376 valence electrons. The van der Waals surface area contributed by atoms with Crippen LogP contribution in [0.2, 0.25) is 0 Å². The number of carboxylic acids is 1. The van der Waals surface area contributed by atoms with Crippen LogP contribution >= 0.6 is 34.7 Å². The van der Waals surface area contributed by atoms with E-state index in [1.54, 1.807) is 5.38 Å². The highest BCUT2D eigenvalue weighted by molar-refractivity contribution is 8.00. The Morgan fingerprint density at radius 2 is 1.16 bits per heavy atom. The van der Waals surface area contributed by atoms with Crippen molar-refractivity contribution in [1.29, 1.82) is 0 Å². The van der Waals surface area contributed by atoms with Crippen molar-refractivity contribution in [2.24, 2.45) is 10.6 Å². The number of carbonyl (C=O) groups excluding carboxylic acids is 3. The van der Waals surface area contributed by atoms with Gasteiger partial charge in [0.15, 0.2) is 16.9 Å². The summed E-state index contributed by atoms with van der Waals surface area (Å²) in [5.74, 6) is -3.89. The van der Waals surface area contributed by atoms with Gasteiger partial charge in [0.1, 0.15) is 28.1 Å². The normalized spacial score (nSPS) is 18.4. The van der Waals surface area contributed by atoms with Crippen LogP contribution in [0.3, 0.4) is 0 Å². The van der Waals surface area contributed by atoms with Crippen LogP contribution in [-0.2, 0) is 34.3 Å². The van der Waals surface area contributed by atoms with Crippen LogP contribution in [0.15, 0.2) is 223 Å². The number of carboxylic acid groups (broad SMARTS) is 1. The van der Waals surface area contributed by atoms with Gasteiger partial charge in [0.05, 0.1) is 0 Å². The molecule has 3 heterocycles. The van der Waals surface area contributed by atoms with Crippen molar-refractivity contribution in [2.75, 3.05) is 24.3 Å². The maximum Gasteiger partial charge on any atom is 0.347 e. The predicted molar refractivity (Wildman–Crippen MR) is 293 cm³/mol. The summed E-state index contributed by atoms with van der Waals surface area (Å²) in [6.07, 6.45) is -0.757. The quantitative estimate of drug-likeness (QED) is 0.0178. The first-order valence-electron chi connectivity index (χ1n) is 24.3. The summed E-state index contributed by atoms with van der Waals surface area (Å²) in [7, 11) is 0. The van der Waals surface area contributed by atoms with Gasteiger partial charge in [-0.2, -0.15) is 0 Å². The monoisotopic (exact) mass is 1050 g/mol. The average Bonchev–Trinajstić information content (AvgIpc) is 3.94. The fourth-order valence-corrected chi connectivity index (χ4v) is 13.1. The number of fused-ring (bicyclic) bond motifs is 1. The number of thioether (sulfide) groups is 1. The number of ether oxygens (including phenoxy) is 1. The molecule has 2 fully saturated rings. The minimum Gasteiger partial charge on any atom is -0.481 e. The number of β-lactam (4-membered cyclic amide) rings is 1. The van der Waals surface area contributed by atoms with Crippen molar-refractivity contribution < 1.29 is 33.9 Å². The second-order valence-corrected chi connectivity index (χ2v) is 20.6. The molecule has 0 spiro atoms. The number of carbonyl (C=O) groups is 4. The first kappa shape index (κ1) is 50.5. The summed E-state index contributed by atoms with van der Waals surface area (Å²) in [6, 6.07) is 66.7. The number of amides is 2. The number of aromatic nitrogens is 1. The molecule has 1 aromatic heterocycles. The van der Waals surface area contributed by atoms with Crippen LogP contribution < -0.4 is 10.6 Å². The Morgan fingerprint density at radius 1 is 0.707 bits per heavy atom. The molecule has 12 nitrogen and oxygen atoms in total. The first-order chi connectivity index (χ1) is 36.7. The molecule has 0 radical (unpaired) electrons. The fraction of sp³-hybridized carbons (Fsp3) is 0.167. The molecule has 0 aliphatic carbocycles. The van der Waals surface area contributed by atoms with Gasteiger partial charge in [0.25, 0.3) is 5.91 Å². The summed E-state index contributed by atoms with van der Waals surface area (Å²) >= 11 is 9.22. The minimum absolute atomic E-state index is 0.0981. The Labute approximate surface area is 447 Å². The Hall–Kier alpha value is -8.04. The summed E-state index contributed by atoms with van der Waals surface area (Å²) in [5, 5.41) is 22.6. The van der Waals surface area contributed by atoms with E-state index in [2.05, 4.69) is 15.8 Å². The van der Waals surface area contributed by atoms with Crippen LogP contribution in [0.5, 0.6) is 0 Å². The van der Waals surface area contributed by atoms with Crippen molar-refractivity contribution in [3.05, 3.63) is 262 Å². The van der Waals surface area contributed by atoms with E-state index in [0.29, 0.717) is 5.13 Å². The minimum atomic E-state index is -1.56. The molecular formula is C60H50ClN5O7S2. The molecule has 8 aromatic rings. The molecule has 3 N–H and O–H groups in total. The van der Waals surface area contributed by atoms with Gasteiger partial charge in [0.2, 0.25) is 12.5 Å². The number of esters is 1. The third-order valence-corrected chi connectivity index (χ3v) is 16.7. The van der Waals surface area contributed by atoms with Crippen LogP contribution in [0, 0.1) is 5.41 Å². The summed E-state index contributed by atoms with van der Waals surface area (Å²) < 4.78 is 5.99. The Bertz CT molecular complexity index is 3100. The second-order valence-electron chi connectivity index (χ2n) is 18.2. The molecule has 2 saturated heterocycles. The number of aliphatic carboxylic acids is 1. The van der Waals surface area contributed by atoms with Gasteiger partial charge in [-0.05, 0) is 38.9 Å². The molecule has 7 aromatic carbocycles. The van der Waals surface area contributed by atoms with Crippen LogP contribution in [-0.4, -0.2) is 80.2 Å². The van der Waals surface area contributed by atoms with E-state index in [1.807, 2.05) is 212 Å². The van der Waals surface area contributed by atoms with E-state index >= 15 is 0 Å². The molecule has 2 amide bonds. The zero-order valence-electron chi connectivity index (χ0n) is 40.2. The highest BCUT2D eigenvalue weighted by atomic mass is 35.5. The molecule has 10 rings (SSSR count). The number of anilines is 1. The standard InChI is InChI=1S/C60H50ClN5O7S2/c61-38-59(57(70)71)39-66-55(69)51(56(66)75-53(59)49(40-22-8-1-9-23-40)41-24-10-2-11-25-41)63-54(68)50(65-72-36-48(67)73-52(42-26-12-3-13-27-42)43-28-14-4-15-29-43)47-37-74-58(62-47)64-60(44-30-16-5-17-31-44,45-32-18-6-19-33-45)46-34-20-7-21-35-46/h1-35,37,49,51-53,56H,36,38-39H2,(H,62,64)(H,63,68)(H,70,71)/t51?,53?,56-,59?/m1/s1. The number of rotatable bonds is 19. The lowest BCUT2D eigenvalue weighted by Gasteiger charge is -2.57. The topological polar surface area (TPSA) is 160 Å². The molecule has 0 saturated carbocycles. The lowest BCUT2D eigenvalue weighted by Crippen LogP contribution is -2.76. The van der Waals surface area contributed by atoms with Gasteiger partial charge < -0.3 is 30.2 Å². The number of halogens is 1. The largest absolute Gasteiger partial charge is 0.481 e. The number of nitrogens with zero attached hydrogens (tertiary/aromatic N) is 3. The number of alkyl halides is 1. The SMILES string of the molecule is O=C(CON=C(C(=O)NC1C(=O)N2CC(CCl)(C(=O)O)C(C(c3ccccc3)c3ccccc3)S[C@H]12)c1csc(NC(c2ccccc2)(c2ccccc2)c2ccccc2)n1)OC(c1ccccc1)c1ccccc1. The highest BCUT2D eigenvalue weighted by Crippen LogP contribution is 2.54. The molecule has 0 bridgehead atoms. The summed E-state index contributed by atoms with van der Waals surface area (Å²) in [4.78, 5) is 68.4. The van der Waals surface area contributed by atoms with Gasteiger partial charge in [-0.1, -0.05) is 217 Å². The molecule has 2 aliphatic heterocycles. The first-order valence-corrected chi connectivity index (χ1v) is 26.6. The maximum atomic E-state index is 14.9. The molecule has 4 atom stereocenters. The zero-order chi connectivity index (χ0) is 51.8. The highest BCUT2D eigenvalue weighted by Gasteiger charge is 2.63. The number of nitrogens with one attached hydrogen (secondary N) is 2. The third-order valence-electron chi connectivity index (χ3n) is 13.7. The van der Waals surface area contributed by atoms with Gasteiger partial charge in [0, 0.05) is 29.0 Å². The lowest BCUT2D eigenvalue weighted by atomic mass is 9.73.